The number of fused-ring (bicyclic) bond motifs is 1. The Balaban J connectivity index is 1.89. The van der Waals surface area contributed by atoms with Crippen LogP contribution in [0.25, 0.3) is 6.08 Å². The summed E-state index contributed by atoms with van der Waals surface area (Å²) >= 11 is 0. The van der Waals surface area contributed by atoms with Gasteiger partial charge in [0.15, 0.2) is 0 Å². The van der Waals surface area contributed by atoms with Crippen LogP contribution in [0.2, 0.25) is 0 Å². The normalized spacial score (nSPS) is 37.0. The van der Waals surface area contributed by atoms with E-state index in [0.29, 0.717) is 16.2 Å². The summed E-state index contributed by atoms with van der Waals surface area (Å²) in [5.41, 5.74) is 4.26. The van der Waals surface area contributed by atoms with Crippen LogP contribution in [0, 0.1) is 10.8 Å². The van der Waals surface area contributed by atoms with Crippen LogP contribution in [0.4, 0.5) is 0 Å². The maximum absolute atomic E-state index is 5.37. The minimum absolute atomic E-state index is 0.430. The molecule has 0 aliphatic heterocycles. The lowest BCUT2D eigenvalue weighted by atomic mass is 9.59. The third-order valence-electron chi connectivity index (χ3n) is 6.24. The van der Waals surface area contributed by atoms with Gasteiger partial charge >= 0.3 is 0 Å². The van der Waals surface area contributed by atoms with E-state index < -0.39 is 0 Å². The maximum atomic E-state index is 5.37. The molecule has 0 radical (unpaired) electrons. The first kappa shape index (κ1) is 11.6. The smallest absolute Gasteiger partial charge is 0.119 e. The molecular weight excluding hydrogens is 232 g/mol. The third kappa shape index (κ3) is 1.17. The van der Waals surface area contributed by atoms with Crippen molar-refractivity contribution in [1.82, 2.24) is 0 Å². The first-order chi connectivity index (χ1) is 9.05. The second-order valence-electron chi connectivity index (χ2n) is 7.25. The van der Waals surface area contributed by atoms with Gasteiger partial charge in [-0.15, -0.1) is 0 Å². The van der Waals surface area contributed by atoms with E-state index in [1.165, 1.54) is 31.2 Å². The summed E-state index contributed by atoms with van der Waals surface area (Å²) in [5, 5.41) is 0. The Morgan fingerprint density at radius 2 is 2.00 bits per heavy atom. The average molecular weight is 254 g/mol. The molecule has 0 saturated heterocycles. The number of benzene rings is 1. The van der Waals surface area contributed by atoms with Crippen LogP contribution < -0.4 is 4.74 Å². The summed E-state index contributed by atoms with van der Waals surface area (Å²) in [6, 6.07) is 6.66. The highest BCUT2D eigenvalue weighted by molar-refractivity contribution is 5.68. The lowest BCUT2D eigenvalue weighted by molar-refractivity contribution is 0.142. The van der Waals surface area contributed by atoms with E-state index in [9.17, 15) is 0 Å². The molecule has 3 aliphatic carbocycles. The van der Waals surface area contributed by atoms with E-state index in [1.54, 1.807) is 12.7 Å². The molecule has 1 nitrogen and oxygen atoms in total. The number of ether oxygens (including phenoxy) is 1. The molecule has 1 heteroatoms. The van der Waals surface area contributed by atoms with E-state index in [-0.39, 0.29) is 0 Å². The summed E-state index contributed by atoms with van der Waals surface area (Å²) in [5.74, 6) is 0.975. The summed E-state index contributed by atoms with van der Waals surface area (Å²) in [7, 11) is 1.75. The minimum atomic E-state index is 0.430. The topological polar surface area (TPSA) is 9.23 Å². The largest absolute Gasteiger partial charge is 0.497 e. The first-order valence-electron chi connectivity index (χ1n) is 7.43. The lowest BCUT2D eigenvalue weighted by Crippen LogP contribution is -2.37. The molecule has 2 fully saturated rings. The fourth-order valence-electron chi connectivity index (χ4n) is 5.07. The van der Waals surface area contributed by atoms with Crippen molar-refractivity contribution >= 4 is 6.08 Å². The Morgan fingerprint density at radius 3 is 2.79 bits per heavy atom. The Morgan fingerprint density at radius 1 is 1.16 bits per heavy atom. The molecule has 0 heterocycles. The van der Waals surface area contributed by atoms with Crippen LogP contribution in [-0.2, 0) is 5.41 Å². The maximum Gasteiger partial charge on any atom is 0.119 e. The van der Waals surface area contributed by atoms with E-state index in [0.717, 1.165) is 5.75 Å². The molecule has 19 heavy (non-hydrogen) atoms. The van der Waals surface area contributed by atoms with Crippen LogP contribution in [0.5, 0.6) is 5.75 Å². The van der Waals surface area contributed by atoms with Crippen molar-refractivity contribution in [1.29, 1.82) is 0 Å². The van der Waals surface area contributed by atoms with Gasteiger partial charge in [-0.1, -0.05) is 38.5 Å². The van der Waals surface area contributed by atoms with Crippen molar-refractivity contribution in [3.63, 3.8) is 0 Å². The van der Waals surface area contributed by atoms with Crippen molar-refractivity contribution in [2.75, 3.05) is 7.11 Å². The molecule has 0 aromatic heterocycles. The monoisotopic (exact) mass is 254 g/mol. The van der Waals surface area contributed by atoms with Gasteiger partial charge < -0.3 is 4.74 Å². The van der Waals surface area contributed by atoms with Gasteiger partial charge in [0.25, 0.3) is 0 Å². The molecule has 100 valence electrons. The van der Waals surface area contributed by atoms with Gasteiger partial charge in [0, 0.05) is 10.8 Å². The molecule has 2 atom stereocenters. The van der Waals surface area contributed by atoms with E-state index in [4.69, 9.17) is 4.74 Å². The summed E-state index contributed by atoms with van der Waals surface area (Å²) in [6.45, 7) is 4.93. The highest BCUT2D eigenvalue weighted by Gasteiger charge is 2.74. The number of methoxy groups -OCH3 is 1. The third-order valence-corrected chi connectivity index (χ3v) is 6.24. The zero-order valence-electron chi connectivity index (χ0n) is 12.1. The van der Waals surface area contributed by atoms with Gasteiger partial charge in [-0.05, 0) is 47.9 Å². The molecule has 1 aromatic rings. The average Bonchev–Trinajstić information content (AvgIpc) is 3.10. The second-order valence-corrected chi connectivity index (χ2v) is 7.25. The first-order valence-corrected chi connectivity index (χ1v) is 7.43. The van der Waals surface area contributed by atoms with Crippen molar-refractivity contribution in [3.8, 4) is 5.75 Å². The second kappa shape index (κ2) is 3.26. The summed E-state index contributed by atoms with van der Waals surface area (Å²) < 4.78 is 5.37. The molecule has 0 amide bonds. The highest BCUT2D eigenvalue weighted by atomic mass is 16.5. The fraction of sp³-hybridized carbons (Fsp3) is 0.556. The van der Waals surface area contributed by atoms with Crippen molar-refractivity contribution in [2.45, 2.75) is 44.9 Å². The molecular formula is C18H22O. The predicted octanol–water partition coefficient (Wildman–Crippen LogP) is 4.56. The van der Waals surface area contributed by atoms with E-state index in [2.05, 4.69) is 44.2 Å². The van der Waals surface area contributed by atoms with Crippen LogP contribution in [0.15, 0.2) is 24.3 Å². The molecule has 2 saturated carbocycles. The molecule has 1 aromatic carbocycles. The number of hydrogen-bond acceptors (Lipinski definition) is 1. The summed E-state index contributed by atoms with van der Waals surface area (Å²) in [6.07, 6.45) is 10.3. The van der Waals surface area contributed by atoms with Gasteiger partial charge in [-0.3, -0.25) is 0 Å². The standard InChI is InChI=1S/C18H22O/c1-16(2)8-4-9-17-12-18(16,17)10-7-13-11-14(19-3)5-6-15(13)17/h5-7,10-11H,4,8-9,12H2,1-3H3/t17-,18-/m0/s1. The Kier molecular flexibility index (Phi) is 1.98. The van der Waals surface area contributed by atoms with Crippen LogP contribution in [0.1, 0.15) is 50.7 Å². The fourth-order valence-corrected chi connectivity index (χ4v) is 5.07. The molecule has 3 aliphatic rings. The molecule has 0 unspecified atom stereocenters. The Labute approximate surface area is 115 Å². The van der Waals surface area contributed by atoms with Gasteiger partial charge in [-0.25, -0.2) is 0 Å². The molecule has 4 rings (SSSR count). The zero-order chi connectivity index (χ0) is 13.3. The minimum Gasteiger partial charge on any atom is -0.497 e. The van der Waals surface area contributed by atoms with E-state index >= 15 is 0 Å². The lowest BCUT2D eigenvalue weighted by Gasteiger charge is -2.44. The number of hydrogen-bond donors (Lipinski definition) is 0. The van der Waals surface area contributed by atoms with Crippen molar-refractivity contribution in [2.24, 2.45) is 10.8 Å². The number of allylic oxidation sites excluding steroid dienone is 1. The Hall–Kier alpha value is -1.24. The molecule has 0 bridgehead atoms. The van der Waals surface area contributed by atoms with Crippen molar-refractivity contribution in [3.05, 3.63) is 35.4 Å². The Bertz CT molecular complexity index is 583. The van der Waals surface area contributed by atoms with Crippen LogP contribution in [-0.4, -0.2) is 7.11 Å². The summed E-state index contributed by atoms with van der Waals surface area (Å²) in [4.78, 5) is 0. The highest BCUT2D eigenvalue weighted by Crippen LogP contribution is 2.80. The van der Waals surface area contributed by atoms with Crippen LogP contribution in [0.3, 0.4) is 0 Å². The van der Waals surface area contributed by atoms with Crippen molar-refractivity contribution < 1.29 is 4.74 Å². The van der Waals surface area contributed by atoms with Gasteiger partial charge in [-0.2, -0.15) is 0 Å². The van der Waals surface area contributed by atoms with Crippen LogP contribution >= 0.6 is 0 Å². The quantitative estimate of drug-likeness (QED) is 0.714. The van der Waals surface area contributed by atoms with E-state index in [1.807, 2.05) is 0 Å². The van der Waals surface area contributed by atoms with Gasteiger partial charge in [0.05, 0.1) is 7.11 Å². The van der Waals surface area contributed by atoms with Gasteiger partial charge in [0.1, 0.15) is 5.75 Å². The predicted molar refractivity (Wildman–Crippen MR) is 78.4 cm³/mol. The van der Waals surface area contributed by atoms with Gasteiger partial charge in [0.2, 0.25) is 0 Å². The zero-order valence-corrected chi connectivity index (χ0v) is 12.1. The SMILES string of the molecule is COc1ccc2c(c1)C=C[C@@]13C[C@@]21CCCC3(C)C. The molecule has 0 N–H and O–H groups in total. The number of rotatable bonds is 1. The molecule has 0 spiro atoms.